The summed E-state index contributed by atoms with van der Waals surface area (Å²) in [6.45, 7) is 5.36. The Hall–Kier alpha value is -1.33. The molecule has 26 heavy (non-hydrogen) atoms. The SMILES string of the molecule is CC(C)(C)Oc1ccc([I-](F)(c2ccccc2)C(F)(F)S(=O)(=O)O)cc1. The van der Waals surface area contributed by atoms with Crippen LogP contribution in [0.5, 0.6) is 5.75 Å². The molecule has 2 aromatic carbocycles. The van der Waals surface area contributed by atoms with Crippen molar-refractivity contribution in [3.8, 4) is 5.75 Å². The quantitative estimate of drug-likeness (QED) is 0.381. The number of alkyl halides is 3. The molecule has 1 N–H and O–H groups in total. The topological polar surface area (TPSA) is 63.6 Å². The van der Waals surface area contributed by atoms with E-state index in [9.17, 15) is 17.2 Å². The Balaban J connectivity index is 2.63. The maximum absolute atomic E-state index is 15.8. The van der Waals surface area contributed by atoms with Crippen molar-refractivity contribution in [1.82, 2.24) is 0 Å². The van der Waals surface area contributed by atoms with Crippen molar-refractivity contribution in [3.05, 3.63) is 61.7 Å². The predicted molar refractivity (Wildman–Crippen MR) is 88.3 cm³/mol. The van der Waals surface area contributed by atoms with E-state index in [0.29, 0.717) is 5.75 Å². The standard InChI is InChI=1S/C17H19F3IO4S/c1-16(2,3)25-15-11-9-14(10-12-15)21(20,13-7-5-4-6-8-13)17(18,19)26(22,23)24/h4-12H,1-3H3,(H,22,23,24)/q-1. The first-order valence-corrected chi connectivity index (χ1v) is 12.9. The van der Waals surface area contributed by atoms with Crippen molar-refractivity contribution in [2.75, 3.05) is 0 Å². The number of halogens is 4. The molecule has 0 radical (unpaired) electrons. The minimum absolute atomic E-state index is 0.327. The van der Waals surface area contributed by atoms with Crippen LogP contribution in [0.3, 0.4) is 0 Å². The summed E-state index contributed by atoms with van der Waals surface area (Å²) in [5, 5.41) is 0. The normalized spacial score (nSPS) is 16.6. The van der Waals surface area contributed by atoms with E-state index in [1.165, 1.54) is 30.3 Å². The molecule has 9 heteroatoms. The summed E-state index contributed by atoms with van der Waals surface area (Å²) in [6.07, 6.45) is 0. The molecule has 1 unspecified atom stereocenters. The van der Waals surface area contributed by atoms with Gasteiger partial charge in [-0.25, -0.2) is 0 Å². The zero-order chi connectivity index (χ0) is 19.8. The van der Waals surface area contributed by atoms with Crippen LogP contribution in [0.1, 0.15) is 20.8 Å². The summed E-state index contributed by atoms with van der Waals surface area (Å²) in [6, 6.07) is 11.2. The Labute approximate surface area is 155 Å². The van der Waals surface area contributed by atoms with Crippen LogP contribution >= 0.6 is 0 Å². The molecule has 146 valence electrons. The molecule has 0 aromatic heterocycles. The number of ether oxygens (including phenoxy) is 1. The molecule has 0 spiro atoms. The second-order valence-corrected chi connectivity index (χ2v) is 15.3. The molecular weight excluding hydrogens is 484 g/mol. The van der Waals surface area contributed by atoms with Gasteiger partial charge >= 0.3 is 156 Å². The molecular formula is C17H19F3IO4S-. The number of hydrogen-bond acceptors (Lipinski definition) is 3. The van der Waals surface area contributed by atoms with E-state index in [0.717, 1.165) is 24.3 Å². The van der Waals surface area contributed by atoms with Crippen molar-refractivity contribution in [1.29, 1.82) is 0 Å². The van der Waals surface area contributed by atoms with Crippen LogP contribution in [0.15, 0.2) is 54.6 Å². The molecule has 0 aliphatic rings. The fraction of sp³-hybridized carbons (Fsp3) is 0.294. The van der Waals surface area contributed by atoms with Gasteiger partial charge in [0.2, 0.25) is 0 Å². The van der Waals surface area contributed by atoms with Crippen LogP contribution in [0, 0.1) is 7.14 Å². The number of hydrogen-bond donors (Lipinski definition) is 1. The van der Waals surface area contributed by atoms with E-state index in [4.69, 9.17) is 9.29 Å². The van der Waals surface area contributed by atoms with Gasteiger partial charge in [-0.1, -0.05) is 0 Å². The molecule has 0 saturated carbocycles. The third-order valence-corrected chi connectivity index (χ3v) is 13.5. The molecule has 2 rings (SSSR count). The van der Waals surface area contributed by atoms with Gasteiger partial charge in [-0.3, -0.25) is 0 Å². The van der Waals surface area contributed by atoms with E-state index >= 15 is 2.86 Å². The summed E-state index contributed by atoms with van der Waals surface area (Å²) in [5.41, 5.74) is -0.549. The Morgan fingerprint density at radius 2 is 1.38 bits per heavy atom. The fourth-order valence-electron chi connectivity index (χ4n) is 2.13. The first kappa shape index (κ1) is 21.0. The monoisotopic (exact) mass is 503 g/mol. The van der Waals surface area contributed by atoms with E-state index in [-0.39, 0.29) is 0 Å². The zero-order valence-electron chi connectivity index (χ0n) is 14.3. The van der Waals surface area contributed by atoms with Gasteiger partial charge in [0.05, 0.1) is 0 Å². The second kappa shape index (κ2) is 7.01. The number of rotatable bonds is 5. The van der Waals surface area contributed by atoms with Gasteiger partial charge in [0.25, 0.3) is 0 Å². The van der Waals surface area contributed by atoms with E-state index < -0.39 is 45.1 Å². The fourth-order valence-corrected chi connectivity index (χ4v) is 10.8. The van der Waals surface area contributed by atoms with Crippen LogP contribution in [-0.2, 0) is 10.1 Å². The molecule has 1 atom stereocenters. The predicted octanol–water partition coefficient (Wildman–Crippen LogP) is 1.39. The number of benzene rings is 2. The van der Waals surface area contributed by atoms with Gasteiger partial charge in [-0.05, 0) is 0 Å². The molecule has 0 heterocycles. The van der Waals surface area contributed by atoms with Gasteiger partial charge in [0.15, 0.2) is 0 Å². The average Bonchev–Trinajstić information content (AvgIpc) is 2.53. The summed E-state index contributed by atoms with van der Waals surface area (Å²) < 4.78 is 76.3. The average molecular weight is 503 g/mol. The van der Waals surface area contributed by atoms with Gasteiger partial charge in [0, 0.05) is 0 Å². The third kappa shape index (κ3) is 3.99. The van der Waals surface area contributed by atoms with Crippen LogP contribution in [-0.4, -0.2) is 21.8 Å². The molecule has 0 aliphatic carbocycles. The zero-order valence-corrected chi connectivity index (χ0v) is 17.3. The van der Waals surface area contributed by atoms with Gasteiger partial charge in [-0.2, -0.15) is 0 Å². The molecule has 0 saturated heterocycles. The molecule has 0 amide bonds. The summed E-state index contributed by atoms with van der Waals surface area (Å²) >= 11 is -6.23. The van der Waals surface area contributed by atoms with Crippen molar-refractivity contribution in [2.24, 2.45) is 0 Å². The molecule has 0 bridgehead atoms. The van der Waals surface area contributed by atoms with E-state index in [1.54, 1.807) is 20.8 Å². The molecule has 0 aliphatic heterocycles. The molecule has 0 fully saturated rings. The van der Waals surface area contributed by atoms with Crippen molar-refractivity contribution < 1.29 is 48.4 Å². The molecule has 2 aromatic rings. The van der Waals surface area contributed by atoms with Crippen LogP contribution < -0.4 is 23.7 Å². The molecule has 4 nitrogen and oxygen atoms in total. The minimum atomic E-state index is -6.23. The summed E-state index contributed by atoms with van der Waals surface area (Å²) in [7, 11) is -5.95. The second-order valence-electron chi connectivity index (χ2n) is 6.38. The van der Waals surface area contributed by atoms with Crippen molar-refractivity contribution >= 4 is 10.1 Å². The third-order valence-electron chi connectivity index (χ3n) is 3.17. The Bertz CT molecular complexity index is 865. The van der Waals surface area contributed by atoms with E-state index in [2.05, 4.69) is 0 Å². The van der Waals surface area contributed by atoms with Gasteiger partial charge in [0.1, 0.15) is 0 Å². The maximum atomic E-state index is 15.8. The van der Waals surface area contributed by atoms with Gasteiger partial charge < -0.3 is 0 Å². The Morgan fingerprint density at radius 3 is 1.81 bits per heavy atom. The Kier molecular flexibility index (Phi) is 5.65. The summed E-state index contributed by atoms with van der Waals surface area (Å²) in [4.78, 5) is 0. The first-order valence-electron chi connectivity index (χ1n) is 7.45. The van der Waals surface area contributed by atoms with Crippen molar-refractivity contribution in [3.63, 3.8) is 0 Å². The van der Waals surface area contributed by atoms with E-state index in [1.807, 2.05) is 0 Å². The van der Waals surface area contributed by atoms with Gasteiger partial charge in [-0.15, -0.1) is 0 Å². The Morgan fingerprint density at radius 1 is 0.923 bits per heavy atom. The summed E-state index contributed by atoms with van der Waals surface area (Å²) in [5.74, 6) is 0.327. The van der Waals surface area contributed by atoms with Crippen LogP contribution in [0.25, 0.3) is 0 Å². The van der Waals surface area contributed by atoms with Crippen LogP contribution in [0.4, 0.5) is 11.6 Å². The van der Waals surface area contributed by atoms with Crippen LogP contribution in [0.2, 0.25) is 0 Å². The first-order chi connectivity index (χ1) is 11.8. The van der Waals surface area contributed by atoms with Crippen molar-refractivity contribution in [2.45, 2.75) is 29.6 Å².